The third kappa shape index (κ3) is 2.69. The molecule has 0 radical (unpaired) electrons. The molecule has 7 heteroatoms. The predicted molar refractivity (Wildman–Crippen MR) is 78.4 cm³/mol. The predicted octanol–water partition coefficient (Wildman–Crippen LogP) is 2.40. The van der Waals surface area contributed by atoms with Crippen LogP contribution < -0.4 is 5.32 Å². The number of rotatable bonds is 4. The first-order chi connectivity index (χ1) is 9.78. The van der Waals surface area contributed by atoms with Crippen LogP contribution in [0.25, 0.3) is 0 Å². The van der Waals surface area contributed by atoms with Crippen molar-refractivity contribution in [3.8, 4) is 0 Å². The van der Waals surface area contributed by atoms with Crippen LogP contribution in [-0.4, -0.2) is 32.2 Å². The summed E-state index contributed by atoms with van der Waals surface area (Å²) in [6.45, 7) is 3.70. The smallest absolute Gasteiger partial charge is 0.222 e. The van der Waals surface area contributed by atoms with Crippen LogP contribution in [0.15, 0.2) is 29.3 Å². The molecule has 2 atom stereocenters. The van der Waals surface area contributed by atoms with Gasteiger partial charge >= 0.3 is 0 Å². The minimum absolute atomic E-state index is 0.0582. The Labute approximate surface area is 125 Å². The van der Waals surface area contributed by atoms with Crippen molar-refractivity contribution in [2.75, 3.05) is 11.9 Å². The lowest BCUT2D eigenvalue weighted by molar-refractivity contribution is 0.0975. The fraction of sp³-hybridized carbons (Fsp3) is 0.462. The molecule has 0 amide bonds. The average molecular weight is 338 g/mol. The first kappa shape index (κ1) is 13.5. The van der Waals surface area contributed by atoms with E-state index in [2.05, 4.69) is 47.7 Å². The van der Waals surface area contributed by atoms with E-state index in [0.29, 0.717) is 5.95 Å². The second-order valence-corrected chi connectivity index (χ2v) is 5.54. The fourth-order valence-corrected chi connectivity index (χ4v) is 2.59. The van der Waals surface area contributed by atoms with Gasteiger partial charge in [0.1, 0.15) is 11.9 Å². The summed E-state index contributed by atoms with van der Waals surface area (Å²) in [7, 11) is 0. The third-order valence-electron chi connectivity index (χ3n) is 3.37. The normalized spacial score (nSPS) is 22.1. The molecular weight excluding hydrogens is 322 g/mol. The van der Waals surface area contributed by atoms with Crippen molar-refractivity contribution in [1.82, 2.24) is 19.5 Å². The second kappa shape index (κ2) is 5.88. The molecule has 1 N–H and O–H groups in total. The minimum atomic E-state index is -0.0582. The zero-order valence-corrected chi connectivity index (χ0v) is 12.7. The maximum absolute atomic E-state index is 5.84. The number of ether oxygens (including phenoxy) is 1. The highest BCUT2D eigenvalue weighted by Gasteiger charge is 2.33. The largest absolute Gasteiger partial charge is 0.368 e. The summed E-state index contributed by atoms with van der Waals surface area (Å²) >= 11 is 3.33. The molecular formula is C13H16BrN5O. The van der Waals surface area contributed by atoms with Gasteiger partial charge in [0.2, 0.25) is 5.95 Å². The Morgan fingerprint density at radius 3 is 2.95 bits per heavy atom. The number of nitrogens with one attached hydrogen (secondary N) is 1. The zero-order chi connectivity index (χ0) is 13.9. The Balaban J connectivity index is 1.77. The van der Waals surface area contributed by atoms with E-state index in [1.165, 1.54) is 0 Å². The van der Waals surface area contributed by atoms with Gasteiger partial charge in [-0.25, -0.2) is 15.0 Å². The number of nitrogens with zero attached hydrogens (tertiary/aromatic N) is 4. The van der Waals surface area contributed by atoms with E-state index in [4.69, 9.17) is 4.74 Å². The van der Waals surface area contributed by atoms with E-state index >= 15 is 0 Å². The molecule has 0 unspecified atom stereocenters. The van der Waals surface area contributed by atoms with Gasteiger partial charge in [0.15, 0.2) is 0 Å². The van der Waals surface area contributed by atoms with Crippen molar-refractivity contribution >= 4 is 21.9 Å². The summed E-state index contributed by atoms with van der Waals surface area (Å²) in [4.78, 5) is 12.9. The van der Waals surface area contributed by atoms with Crippen LogP contribution in [0.1, 0.15) is 25.3 Å². The van der Waals surface area contributed by atoms with Crippen molar-refractivity contribution < 1.29 is 4.74 Å². The van der Waals surface area contributed by atoms with Gasteiger partial charge in [-0.2, -0.15) is 0 Å². The van der Waals surface area contributed by atoms with E-state index in [-0.39, 0.29) is 12.1 Å². The van der Waals surface area contributed by atoms with Crippen LogP contribution >= 0.6 is 15.9 Å². The number of halogens is 1. The first-order valence-corrected chi connectivity index (χ1v) is 7.44. The van der Waals surface area contributed by atoms with E-state index in [1.54, 1.807) is 12.4 Å². The monoisotopic (exact) mass is 337 g/mol. The van der Waals surface area contributed by atoms with Crippen LogP contribution in [0, 0.1) is 0 Å². The van der Waals surface area contributed by atoms with Gasteiger partial charge in [0, 0.05) is 37.9 Å². The summed E-state index contributed by atoms with van der Waals surface area (Å²) in [5, 5.41) is 3.34. The van der Waals surface area contributed by atoms with Gasteiger partial charge in [-0.1, -0.05) is 0 Å². The van der Waals surface area contributed by atoms with E-state index in [1.807, 2.05) is 12.4 Å². The van der Waals surface area contributed by atoms with E-state index in [9.17, 15) is 0 Å². The number of hydrogen-bond acceptors (Lipinski definition) is 5. The molecule has 1 fully saturated rings. The Morgan fingerprint density at radius 1 is 1.40 bits per heavy atom. The lowest BCUT2D eigenvalue weighted by Crippen LogP contribution is -2.26. The molecule has 1 aliphatic rings. The van der Waals surface area contributed by atoms with Crippen molar-refractivity contribution in [3.05, 3.63) is 35.1 Å². The Hall–Kier alpha value is -1.47. The SMILES string of the molecule is CCn1ccnc1[C@H]1OCC[C@@H]1Nc1ncc(Br)cn1. The van der Waals surface area contributed by atoms with Crippen molar-refractivity contribution in [1.29, 1.82) is 0 Å². The number of aryl methyl sites for hydroxylation is 1. The quantitative estimate of drug-likeness (QED) is 0.927. The van der Waals surface area contributed by atoms with Gasteiger partial charge < -0.3 is 14.6 Å². The molecule has 6 nitrogen and oxygen atoms in total. The maximum Gasteiger partial charge on any atom is 0.222 e. The molecule has 2 aromatic heterocycles. The van der Waals surface area contributed by atoms with Crippen molar-refractivity contribution in [3.63, 3.8) is 0 Å². The highest BCUT2D eigenvalue weighted by molar-refractivity contribution is 9.10. The van der Waals surface area contributed by atoms with Gasteiger partial charge in [0.05, 0.1) is 10.5 Å². The Morgan fingerprint density at radius 2 is 2.20 bits per heavy atom. The van der Waals surface area contributed by atoms with Crippen LogP contribution in [-0.2, 0) is 11.3 Å². The van der Waals surface area contributed by atoms with E-state index < -0.39 is 0 Å². The number of aromatic nitrogens is 4. The minimum Gasteiger partial charge on any atom is -0.368 e. The molecule has 20 heavy (non-hydrogen) atoms. The maximum atomic E-state index is 5.84. The van der Waals surface area contributed by atoms with Gasteiger partial charge in [-0.05, 0) is 29.3 Å². The van der Waals surface area contributed by atoms with Crippen LogP contribution in [0.3, 0.4) is 0 Å². The molecule has 0 aromatic carbocycles. The highest BCUT2D eigenvalue weighted by atomic mass is 79.9. The third-order valence-corrected chi connectivity index (χ3v) is 3.78. The van der Waals surface area contributed by atoms with Gasteiger partial charge in [-0.15, -0.1) is 0 Å². The zero-order valence-electron chi connectivity index (χ0n) is 11.2. The summed E-state index contributed by atoms with van der Waals surface area (Å²) in [6, 6.07) is 0.142. The highest BCUT2D eigenvalue weighted by Crippen LogP contribution is 2.30. The topological polar surface area (TPSA) is 64.9 Å². The van der Waals surface area contributed by atoms with E-state index in [0.717, 1.165) is 29.9 Å². The van der Waals surface area contributed by atoms with Crippen LogP contribution in [0.2, 0.25) is 0 Å². The summed E-state index contributed by atoms with van der Waals surface area (Å²) < 4.78 is 8.81. The first-order valence-electron chi connectivity index (χ1n) is 6.64. The molecule has 0 saturated carbocycles. The lowest BCUT2D eigenvalue weighted by atomic mass is 10.1. The molecule has 2 aromatic rings. The van der Waals surface area contributed by atoms with Crippen molar-refractivity contribution in [2.24, 2.45) is 0 Å². The molecule has 0 bridgehead atoms. The fourth-order valence-electron chi connectivity index (χ4n) is 2.39. The standard InChI is InChI=1S/C13H16BrN5O/c1-2-19-5-4-15-12(19)11-10(3-6-20-11)18-13-16-7-9(14)8-17-13/h4-5,7-8,10-11H,2-3,6H2,1H3,(H,16,17,18)/t10-,11-/m0/s1. The lowest BCUT2D eigenvalue weighted by Gasteiger charge is -2.20. The van der Waals surface area contributed by atoms with Crippen LogP contribution in [0.4, 0.5) is 5.95 Å². The number of hydrogen-bond donors (Lipinski definition) is 1. The molecule has 106 valence electrons. The van der Waals surface area contributed by atoms with Crippen molar-refractivity contribution in [2.45, 2.75) is 32.0 Å². The summed E-state index contributed by atoms with van der Waals surface area (Å²) in [5.41, 5.74) is 0. The molecule has 0 aliphatic carbocycles. The molecule has 1 aliphatic heterocycles. The molecule has 3 rings (SSSR count). The second-order valence-electron chi connectivity index (χ2n) is 4.63. The summed E-state index contributed by atoms with van der Waals surface area (Å²) in [5.74, 6) is 1.57. The number of anilines is 1. The average Bonchev–Trinajstić information content (AvgIpc) is 3.09. The van der Waals surface area contributed by atoms with Gasteiger partial charge in [-0.3, -0.25) is 0 Å². The van der Waals surface area contributed by atoms with Gasteiger partial charge in [0.25, 0.3) is 0 Å². The number of imidazole rings is 1. The van der Waals surface area contributed by atoms with Crippen LogP contribution in [0.5, 0.6) is 0 Å². The molecule has 1 saturated heterocycles. The Kier molecular flexibility index (Phi) is 3.98. The molecule has 3 heterocycles. The Bertz CT molecular complexity index is 570. The summed E-state index contributed by atoms with van der Waals surface area (Å²) in [6.07, 6.45) is 8.11. The molecule has 0 spiro atoms.